The lowest BCUT2D eigenvalue weighted by atomic mass is 9.79. The van der Waals surface area contributed by atoms with E-state index in [1.807, 2.05) is 0 Å². The van der Waals surface area contributed by atoms with E-state index >= 15 is 0 Å². The second-order valence-electron chi connectivity index (χ2n) is 6.57. The molecule has 2 nitrogen and oxygen atoms in total. The normalized spacial score (nSPS) is 32.6. The smallest absolute Gasteiger partial charge is 0.0585 e. The van der Waals surface area contributed by atoms with Gasteiger partial charge in [-0.05, 0) is 50.9 Å². The molecule has 0 bridgehead atoms. The van der Waals surface area contributed by atoms with Crippen LogP contribution in [0.5, 0.6) is 0 Å². The number of hydrogen-bond donors (Lipinski definition) is 1. The van der Waals surface area contributed by atoms with E-state index in [0.717, 1.165) is 6.04 Å². The van der Waals surface area contributed by atoms with Crippen LogP contribution in [-0.4, -0.2) is 24.8 Å². The van der Waals surface area contributed by atoms with Crippen molar-refractivity contribution < 1.29 is 4.74 Å². The van der Waals surface area contributed by atoms with Crippen molar-refractivity contribution in [2.75, 3.05) is 6.54 Å². The second kappa shape index (κ2) is 5.71. The Morgan fingerprint density at radius 2 is 2.00 bits per heavy atom. The Hall–Kier alpha value is -0.0800. The summed E-state index contributed by atoms with van der Waals surface area (Å²) in [5.41, 5.74) is 0.437. The van der Waals surface area contributed by atoms with Gasteiger partial charge in [-0.1, -0.05) is 20.3 Å². The lowest BCUT2D eigenvalue weighted by Gasteiger charge is -2.32. The fourth-order valence-corrected chi connectivity index (χ4v) is 3.13. The van der Waals surface area contributed by atoms with Gasteiger partial charge >= 0.3 is 0 Å². The van der Waals surface area contributed by atoms with Gasteiger partial charge in [0.15, 0.2) is 0 Å². The topological polar surface area (TPSA) is 21.3 Å². The first kappa shape index (κ1) is 13.4. The van der Waals surface area contributed by atoms with Crippen molar-refractivity contribution in [1.82, 2.24) is 5.32 Å². The number of rotatable bonds is 7. The minimum atomic E-state index is 0.437. The van der Waals surface area contributed by atoms with E-state index in [-0.39, 0.29) is 0 Å². The second-order valence-corrected chi connectivity index (χ2v) is 6.57. The third-order valence-corrected chi connectivity index (χ3v) is 4.29. The third-order valence-electron chi connectivity index (χ3n) is 4.29. The summed E-state index contributed by atoms with van der Waals surface area (Å²) < 4.78 is 6.00. The lowest BCUT2D eigenvalue weighted by molar-refractivity contribution is 0.0228. The molecule has 0 aromatic carbocycles. The van der Waals surface area contributed by atoms with Crippen LogP contribution < -0.4 is 5.32 Å². The number of ether oxygens (including phenoxy) is 1. The van der Waals surface area contributed by atoms with Crippen molar-refractivity contribution in [3.05, 3.63) is 0 Å². The minimum absolute atomic E-state index is 0.437. The van der Waals surface area contributed by atoms with Crippen LogP contribution in [0.2, 0.25) is 0 Å². The van der Waals surface area contributed by atoms with Crippen molar-refractivity contribution in [3.8, 4) is 0 Å². The van der Waals surface area contributed by atoms with Gasteiger partial charge in [-0.25, -0.2) is 0 Å². The molecule has 2 aliphatic rings. The predicted octanol–water partition coefficient (Wildman–Crippen LogP) is 3.50. The highest BCUT2D eigenvalue weighted by molar-refractivity contribution is 4.88. The zero-order chi connectivity index (χ0) is 12.3. The van der Waals surface area contributed by atoms with Crippen LogP contribution in [0.4, 0.5) is 0 Å². The van der Waals surface area contributed by atoms with E-state index in [4.69, 9.17) is 4.74 Å². The Labute approximate surface area is 107 Å². The zero-order valence-corrected chi connectivity index (χ0v) is 11.8. The Bertz CT molecular complexity index is 239. The quantitative estimate of drug-likeness (QED) is 0.734. The number of hydrogen-bond acceptors (Lipinski definition) is 2. The molecule has 2 fully saturated rings. The van der Waals surface area contributed by atoms with Gasteiger partial charge in [0.2, 0.25) is 0 Å². The molecule has 1 aliphatic carbocycles. The van der Waals surface area contributed by atoms with E-state index in [1.165, 1.54) is 51.5 Å². The van der Waals surface area contributed by atoms with Crippen molar-refractivity contribution in [2.45, 2.75) is 84.0 Å². The summed E-state index contributed by atoms with van der Waals surface area (Å²) in [6, 6.07) is 0.828. The molecule has 3 unspecified atom stereocenters. The molecule has 1 heterocycles. The highest BCUT2D eigenvalue weighted by Gasteiger charge is 2.33. The van der Waals surface area contributed by atoms with Crippen molar-refractivity contribution in [2.24, 2.45) is 5.41 Å². The maximum atomic E-state index is 6.00. The maximum Gasteiger partial charge on any atom is 0.0585 e. The van der Waals surface area contributed by atoms with Crippen LogP contribution >= 0.6 is 0 Å². The predicted molar refractivity (Wildman–Crippen MR) is 72.2 cm³/mol. The summed E-state index contributed by atoms with van der Waals surface area (Å²) in [4.78, 5) is 0. The molecule has 17 heavy (non-hydrogen) atoms. The fraction of sp³-hybridized carbons (Fsp3) is 1.00. The Morgan fingerprint density at radius 1 is 1.24 bits per heavy atom. The molecule has 3 atom stereocenters. The number of nitrogens with one attached hydrogen (secondary N) is 1. The van der Waals surface area contributed by atoms with E-state index in [0.29, 0.717) is 17.6 Å². The molecular weight excluding hydrogens is 210 g/mol. The van der Waals surface area contributed by atoms with Gasteiger partial charge in [-0.15, -0.1) is 0 Å². The molecule has 0 radical (unpaired) electrons. The van der Waals surface area contributed by atoms with Crippen LogP contribution in [0.1, 0.15) is 65.7 Å². The molecule has 1 saturated carbocycles. The minimum Gasteiger partial charge on any atom is -0.375 e. The summed E-state index contributed by atoms with van der Waals surface area (Å²) in [5, 5.41) is 3.71. The lowest BCUT2D eigenvalue weighted by Crippen LogP contribution is -2.36. The van der Waals surface area contributed by atoms with Crippen LogP contribution in [0, 0.1) is 5.41 Å². The molecule has 1 N–H and O–H groups in total. The fourth-order valence-electron chi connectivity index (χ4n) is 3.13. The Morgan fingerprint density at radius 3 is 2.53 bits per heavy atom. The van der Waals surface area contributed by atoms with Crippen molar-refractivity contribution in [1.29, 1.82) is 0 Å². The molecule has 0 aromatic rings. The molecule has 2 rings (SSSR count). The molecule has 0 aromatic heterocycles. The molecule has 1 saturated heterocycles. The first-order chi connectivity index (χ1) is 8.11. The van der Waals surface area contributed by atoms with E-state index < -0.39 is 0 Å². The molecule has 100 valence electrons. The molecule has 1 aliphatic heterocycles. The molecule has 0 spiro atoms. The third kappa shape index (κ3) is 4.26. The zero-order valence-electron chi connectivity index (χ0n) is 11.8. The van der Waals surface area contributed by atoms with E-state index in [9.17, 15) is 0 Å². The molecule has 2 heteroatoms. The van der Waals surface area contributed by atoms with Crippen molar-refractivity contribution >= 4 is 0 Å². The summed E-state index contributed by atoms with van der Waals surface area (Å²) >= 11 is 0. The van der Waals surface area contributed by atoms with Crippen LogP contribution in [-0.2, 0) is 4.74 Å². The van der Waals surface area contributed by atoms with Gasteiger partial charge < -0.3 is 10.1 Å². The highest BCUT2D eigenvalue weighted by atomic mass is 16.5. The average molecular weight is 239 g/mol. The van der Waals surface area contributed by atoms with E-state index in [1.54, 1.807) is 0 Å². The van der Waals surface area contributed by atoms with Gasteiger partial charge in [-0.3, -0.25) is 0 Å². The van der Waals surface area contributed by atoms with Gasteiger partial charge in [-0.2, -0.15) is 0 Å². The highest BCUT2D eigenvalue weighted by Crippen LogP contribution is 2.35. The summed E-state index contributed by atoms with van der Waals surface area (Å²) in [5.74, 6) is 0. The summed E-state index contributed by atoms with van der Waals surface area (Å²) in [7, 11) is 0. The van der Waals surface area contributed by atoms with Crippen LogP contribution in [0.25, 0.3) is 0 Å². The van der Waals surface area contributed by atoms with Crippen LogP contribution in [0.3, 0.4) is 0 Å². The van der Waals surface area contributed by atoms with Crippen LogP contribution in [0.15, 0.2) is 0 Å². The average Bonchev–Trinajstić information content (AvgIpc) is 3.01. The molecule has 0 amide bonds. The summed E-state index contributed by atoms with van der Waals surface area (Å²) in [6.45, 7) is 8.13. The van der Waals surface area contributed by atoms with Crippen molar-refractivity contribution in [3.63, 3.8) is 0 Å². The Kier molecular flexibility index (Phi) is 4.48. The monoisotopic (exact) mass is 239 g/mol. The first-order valence-corrected chi connectivity index (χ1v) is 7.50. The van der Waals surface area contributed by atoms with Gasteiger partial charge in [0.1, 0.15) is 0 Å². The van der Waals surface area contributed by atoms with E-state index in [2.05, 4.69) is 26.1 Å². The Balaban J connectivity index is 1.80. The van der Waals surface area contributed by atoms with Gasteiger partial charge in [0, 0.05) is 12.6 Å². The SMILES string of the molecule is CCCC(C)(CNC1CC1)CC1CCC(C)O1. The molecular formula is C15H29NO. The maximum absolute atomic E-state index is 6.00. The van der Waals surface area contributed by atoms with Gasteiger partial charge in [0.05, 0.1) is 12.2 Å². The standard InChI is InChI=1S/C15H29NO/c1-4-9-15(3,11-16-13-6-7-13)10-14-8-5-12(2)17-14/h12-14,16H,4-11H2,1-3H3. The van der Waals surface area contributed by atoms with Gasteiger partial charge in [0.25, 0.3) is 0 Å². The largest absolute Gasteiger partial charge is 0.375 e. The first-order valence-electron chi connectivity index (χ1n) is 7.50. The summed E-state index contributed by atoms with van der Waals surface area (Å²) in [6.07, 6.45) is 10.1.